The molecule has 0 aliphatic rings. The summed E-state index contributed by atoms with van der Waals surface area (Å²) in [7, 11) is 0. The number of aromatic nitrogens is 1. The van der Waals surface area contributed by atoms with Crippen molar-refractivity contribution in [2.75, 3.05) is 13.2 Å². The highest BCUT2D eigenvalue weighted by molar-refractivity contribution is 6.30. The molecule has 0 radical (unpaired) electrons. The molecule has 0 N–H and O–H groups in total. The van der Waals surface area contributed by atoms with Crippen molar-refractivity contribution in [3.8, 4) is 11.5 Å². The molecular weight excluding hydrogens is 298 g/mol. The zero-order chi connectivity index (χ0) is 15.4. The van der Waals surface area contributed by atoms with Crippen molar-refractivity contribution in [2.45, 2.75) is 6.92 Å². The van der Waals surface area contributed by atoms with Crippen LogP contribution in [0.25, 0.3) is 10.9 Å². The fourth-order valence-electron chi connectivity index (χ4n) is 2.18. The van der Waals surface area contributed by atoms with E-state index in [1.807, 2.05) is 43.3 Å². The molecule has 0 amide bonds. The lowest BCUT2D eigenvalue weighted by molar-refractivity contribution is 0.218. The quantitative estimate of drug-likeness (QED) is 0.642. The van der Waals surface area contributed by atoms with Gasteiger partial charge in [-0.1, -0.05) is 29.8 Å². The highest BCUT2D eigenvalue weighted by Crippen LogP contribution is 2.24. The lowest BCUT2D eigenvalue weighted by Gasteiger charge is -2.10. The Kier molecular flexibility index (Phi) is 4.45. The molecule has 1 heterocycles. The smallest absolute Gasteiger partial charge is 0.145 e. The van der Waals surface area contributed by atoms with Gasteiger partial charge in [-0.05, 0) is 43.3 Å². The van der Waals surface area contributed by atoms with Gasteiger partial charge >= 0.3 is 0 Å². The van der Waals surface area contributed by atoms with Gasteiger partial charge in [-0.25, -0.2) is 4.98 Å². The van der Waals surface area contributed by atoms with E-state index in [2.05, 4.69) is 11.1 Å². The Morgan fingerprint density at radius 1 is 0.909 bits per heavy atom. The van der Waals surface area contributed by atoms with Crippen molar-refractivity contribution in [1.82, 2.24) is 4.98 Å². The number of fused-ring (bicyclic) bond motifs is 1. The molecule has 1 aromatic heterocycles. The Labute approximate surface area is 134 Å². The highest BCUT2D eigenvalue weighted by atomic mass is 35.5. The first-order valence-corrected chi connectivity index (χ1v) is 7.48. The largest absolute Gasteiger partial charge is 0.490 e. The second kappa shape index (κ2) is 6.67. The molecule has 0 saturated heterocycles. The zero-order valence-electron chi connectivity index (χ0n) is 12.3. The summed E-state index contributed by atoms with van der Waals surface area (Å²) in [6.45, 7) is 2.89. The number of aryl methyl sites for hydroxylation is 1. The van der Waals surface area contributed by atoms with Gasteiger partial charge in [-0.3, -0.25) is 0 Å². The van der Waals surface area contributed by atoms with Gasteiger partial charge in [-0.15, -0.1) is 0 Å². The van der Waals surface area contributed by atoms with Crippen molar-refractivity contribution < 1.29 is 9.47 Å². The van der Waals surface area contributed by atoms with E-state index in [9.17, 15) is 0 Å². The van der Waals surface area contributed by atoms with Crippen LogP contribution in [0.4, 0.5) is 0 Å². The molecule has 3 rings (SSSR count). The molecule has 0 atom stereocenters. The van der Waals surface area contributed by atoms with Crippen LogP contribution in [0.2, 0.25) is 5.02 Å². The van der Waals surface area contributed by atoms with Crippen LogP contribution in [0.5, 0.6) is 11.5 Å². The van der Waals surface area contributed by atoms with E-state index in [0.29, 0.717) is 18.2 Å². The number of benzene rings is 2. The topological polar surface area (TPSA) is 31.4 Å². The predicted octanol–water partition coefficient (Wildman–Crippen LogP) is 4.65. The summed E-state index contributed by atoms with van der Waals surface area (Å²) in [6.07, 6.45) is 0. The van der Waals surface area contributed by atoms with Gasteiger partial charge in [-0.2, -0.15) is 0 Å². The molecule has 0 aliphatic carbocycles. The summed E-state index contributed by atoms with van der Waals surface area (Å²) >= 11 is 5.83. The van der Waals surface area contributed by atoms with Crippen LogP contribution < -0.4 is 9.47 Å². The molecule has 0 fully saturated rings. The summed E-state index contributed by atoms with van der Waals surface area (Å²) in [4.78, 5) is 4.54. The van der Waals surface area contributed by atoms with Crippen LogP contribution in [-0.4, -0.2) is 18.2 Å². The average Bonchev–Trinajstić information content (AvgIpc) is 2.53. The standard InChI is InChI=1S/C18H16ClNO2/c1-13-5-6-14-3-2-4-17(18(14)20-13)22-12-11-21-16-9-7-15(19)8-10-16/h2-10H,11-12H2,1H3. The lowest BCUT2D eigenvalue weighted by atomic mass is 10.2. The molecule has 0 bridgehead atoms. The Morgan fingerprint density at radius 3 is 2.50 bits per heavy atom. The third-order valence-corrected chi connectivity index (χ3v) is 3.50. The first-order chi connectivity index (χ1) is 10.7. The maximum atomic E-state index is 5.83. The van der Waals surface area contributed by atoms with E-state index in [-0.39, 0.29) is 0 Å². The van der Waals surface area contributed by atoms with Crippen molar-refractivity contribution in [3.05, 3.63) is 65.3 Å². The third kappa shape index (κ3) is 3.49. The molecule has 0 saturated carbocycles. The molecule has 0 spiro atoms. The van der Waals surface area contributed by atoms with E-state index < -0.39 is 0 Å². The van der Waals surface area contributed by atoms with Gasteiger partial charge in [0.05, 0.1) is 0 Å². The van der Waals surface area contributed by atoms with Crippen LogP contribution in [0, 0.1) is 6.92 Å². The fourth-order valence-corrected chi connectivity index (χ4v) is 2.30. The molecule has 2 aromatic carbocycles. The number of rotatable bonds is 5. The van der Waals surface area contributed by atoms with Crippen LogP contribution in [0.3, 0.4) is 0 Å². The van der Waals surface area contributed by atoms with E-state index in [1.165, 1.54) is 0 Å². The van der Waals surface area contributed by atoms with Crippen LogP contribution in [0.1, 0.15) is 5.69 Å². The van der Waals surface area contributed by atoms with Gasteiger partial charge in [0.25, 0.3) is 0 Å². The van der Waals surface area contributed by atoms with Gasteiger partial charge in [0.1, 0.15) is 30.2 Å². The Bertz CT molecular complexity index is 772. The molecule has 0 aliphatic heterocycles. The minimum absolute atomic E-state index is 0.456. The van der Waals surface area contributed by atoms with Crippen LogP contribution in [-0.2, 0) is 0 Å². The Morgan fingerprint density at radius 2 is 1.68 bits per heavy atom. The maximum Gasteiger partial charge on any atom is 0.145 e. The number of ether oxygens (including phenoxy) is 2. The van der Waals surface area contributed by atoms with E-state index in [4.69, 9.17) is 21.1 Å². The SMILES string of the molecule is Cc1ccc2cccc(OCCOc3ccc(Cl)cc3)c2n1. The average molecular weight is 314 g/mol. The maximum absolute atomic E-state index is 5.83. The third-order valence-electron chi connectivity index (χ3n) is 3.25. The van der Waals surface area contributed by atoms with Crippen molar-refractivity contribution in [3.63, 3.8) is 0 Å². The van der Waals surface area contributed by atoms with Crippen molar-refractivity contribution in [2.24, 2.45) is 0 Å². The van der Waals surface area contributed by atoms with Gasteiger partial charge in [0, 0.05) is 16.1 Å². The number of hydrogen-bond donors (Lipinski definition) is 0. The van der Waals surface area contributed by atoms with Crippen LogP contribution in [0.15, 0.2) is 54.6 Å². The normalized spacial score (nSPS) is 10.6. The highest BCUT2D eigenvalue weighted by Gasteiger charge is 2.04. The minimum atomic E-state index is 0.456. The monoisotopic (exact) mass is 313 g/mol. The molecular formula is C18H16ClNO2. The van der Waals surface area contributed by atoms with Crippen molar-refractivity contribution >= 4 is 22.5 Å². The van der Waals surface area contributed by atoms with Gasteiger partial charge in [0.2, 0.25) is 0 Å². The molecule has 22 heavy (non-hydrogen) atoms. The number of halogens is 1. The minimum Gasteiger partial charge on any atom is -0.490 e. The summed E-state index contributed by atoms with van der Waals surface area (Å²) in [5.74, 6) is 1.56. The van der Waals surface area contributed by atoms with Crippen molar-refractivity contribution in [1.29, 1.82) is 0 Å². The van der Waals surface area contributed by atoms with Gasteiger partial charge in [0.15, 0.2) is 0 Å². The first-order valence-electron chi connectivity index (χ1n) is 7.10. The fraction of sp³-hybridized carbons (Fsp3) is 0.167. The van der Waals surface area contributed by atoms with E-state index in [1.54, 1.807) is 12.1 Å². The molecule has 3 nitrogen and oxygen atoms in total. The summed E-state index contributed by atoms with van der Waals surface area (Å²) in [6, 6.07) is 17.2. The second-order valence-electron chi connectivity index (χ2n) is 4.93. The molecule has 4 heteroatoms. The number of para-hydroxylation sites is 1. The lowest BCUT2D eigenvalue weighted by Crippen LogP contribution is -2.09. The molecule has 3 aromatic rings. The van der Waals surface area contributed by atoms with Gasteiger partial charge < -0.3 is 9.47 Å². The summed E-state index contributed by atoms with van der Waals surface area (Å²) < 4.78 is 11.4. The molecule has 0 unspecified atom stereocenters. The Balaban J connectivity index is 1.62. The summed E-state index contributed by atoms with van der Waals surface area (Å²) in [5.41, 5.74) is 1.86. The summed E-state index contributed by atoms with van der Waals surface area (Å²) in [5, 5.41) is 1.77. The predicted molar refractivity (Wildman–Crippen MR) is 88.9 cm³/mol. The van der Waals surface area contributed by atoms with E-state index in [0.717, 1.165) is 28.1 Å². The van der Waals surface area contributed by atoms with Crippen LogP contribution >= 0.6 is 11.6 Å². The number of pyridine rings is 1. The number of nitrogens with zero attached hydrogens (tertiary/aromatic N) is 1. The Hall–Kier alpha value is -2.26. The van der Waals surface area contributed by atoms with E-state index >= 15 is 0 Å². The zero-order valence-corrected chi connectivity index (χ0v) is 13.0. The first kappa shape index (κ1) is 14.7. The second-order valence-corrected chi connectivity index (χ2v) is 5.37. The number of hydrogen-bond acceptors (Lipinski definition) is 3. The molecule has 112 valence electrons.